The smallest absolute Gasteiger partial charge is 0.132 e. The zero-order valence-electron chi connectivity index (χ0n) is 7.60. The van der Waals surface area contributed by atoms with Crippen LogP contribution in [0.15, 0.2) is 0 Å². The topological polar surface area (TPSA) is 17.1 Å². The number of Topliss-reactive ketones (excluding diaryl/α,β-unsaturated/α-hetero) is 1. The lowest BCUT2D eigenvalue weighted by atomic mass is 9.79. The van der Waals surface area contributed by atoms with Gasteiger partial charge >= 0.3 is 0 Å². The second kappa shape index (κ2) is 3.89. The molecule has 0 aromatic rings. The zero-order valence-corrected chi connectivity index (χ0v) is 7.60. The first-order valence-electron chi connectivity index (χ1n) is 4.75. The molecule has 0 bridgehead atoms. The zero-order chi connectivity index (χ0) is 8.27. The highest BCUT2D eigenvalue weighted by atomic mass is 16.1. The van der Waals surface area contributed by atoms with Crippen molar-refractivity contribution in [2.24, 2.45) is 11.8 Å². The fourth-order valence-electron chi connectivity index (χ4n) is 1.86. The second-order valence-corrected chi connectivity index (χ2v) is 3.76. The van der Waals surface area contributed by atoms with Gasteiger partial charge in [0.05, 0.1) is 0 Å². The summed E-state index contributed by atoms with van der Waals surface area (Å²) in [5.74, 6) is 2.13. The third kappa shape index (κ3) is 2.32. The van der Waals surface area contributed by atoms with Crippen LogP contribution >= 0.6 is 0 Å². The summed E-state index contributed by atoms with van der Waals surface area (Å²) in [6, 6.07) is 0. The summed E-state index contributed by atoms with van der Waals surface area (Å²) in [6.45, 7) is 4.54. The number of carbonyl (C=O) groups is 1. The van der Waals surface area contributed by atoms with Crippen LogP contribution in [0, 0.1) is 11.8 Å². The van der Waals surface area contributed by atoms with Crippen molar-refractivity contribution in [2.75, 3.05) is 0 Å². The molecule has 0 aliphatic heterocycles. The Morgan fingerprint density at radius 2 is 2.00 bits per heavy atom. The molecule has 1 rings (SSSR count). The minimum absolute atomic E-state index is 0.476. The quantitative estimate of drug-likeness (QED) is 0.597. The lowest BCUT2D eigenvalue weighted by molar-refractivity contribution is -0.121. The molecular formula is C10H18O. The average Bonchev–Trinajstić information content (AvgIpc) is 2.05. The molecule has 1 nitrogen and oxygen atoms in total. The van der Waals surface area contributed by atoms with Gasteiger partial charge < -0.3 is 0 Å². The van der Waals surface area contributed by atoms with Crippen LogP contribution in [-0.4, -0.2) is 5.78 Å². The van der Waals surface area contributed by atoms with Crippen molar-refractivity contribution in [1.82, 2.24) is 0 Å². The predicted octanol–water partition coefficient (Wildman–Crippen LogP) is 2.79. The van der Waals surface area contributed by atoms with E-state index in [9.17, 15) is 4.79 Å². The van der Waals surface area contributed by atoms with Crippen molar-refractivity contribution in [3.63, 3.8) is 0 Å². The summed E-state index contributed by atoms with van der Waals surface area (Å²) in [5.41, 5.74) is 0. The van der Waals surface area contributed by atoms with Crippen molar-refractivity contribution >= 4 is 5.78 Å². The molecule has 0 spiro atoms. The summed E-state index contributed by atoms with van der Waals surface area (Å²) >= 11 is 0. The van der Waals surface area contributed by atoms with Crippen LogP contribution in [0.1, 0.15) is 46.0 Å². The van der Waals surface area contributed by atoms with Gasteiger partial charge in [0.2, 0.25) is 0 Å². The summed E-state index contributed by atoms with van der Waals surface area (Å²) < 4.78 is 0. The van der Waals surface area contributed by atoms with E-state index in [0.29, 0.717) is 5.78 Å². The van der Waals surface area contributed by atoms with E-state index in [1.807, 2.05) is 0 Å². The molecule has 0 aromatic heterocycles. The van der Waals surface area contributed by atoms with Crippen LogP contribution in [0.4, 0.5) is 0 Å². The molecule has 1 saturated carbocycles. The van der Waals surface area contributed by atoms with Gasteiger partial charge in [0, 0.05) is 12.8 Å². The Balaban J connectivity index is 2.32. The van der Waals surface area contributed by atoms with E-state index >= 15 is 0 Å². The maximum absolute atomic E-state index is 10.9. The highest BCUT2D eigenvalue weighted by Gasteiger charge is 2.22. The third-order valence-corrected chi connectivity index (χ3v) is 3.04. The van der Waals surface area contributed by atoms with E-state index < -0.39 is 0 Å². The number of rotatable bonds is 2. The fraction of sp³-hybridized carbons (Fsp3) is 0.900. The first-order chi connectivity index (χ1) is 5.24. The summed E-state index contributed by atoms with van der Waals surface area (Å²) in [4.78, 5) is 10.9. The number of ketones is 1. The fourth-order valence-corrected chi connectivity index (χ4v) is 1.86. The summed E-state index contributed by atoms with van der Waals surface area (Å²) in [5, 5.41) is 0. The Morgan fingerprint density at radius 1 is 1.45 bits per heavy atom. The summed E-state index contributed by atoms with van der Waals surface area (Å²) in [6.07, 6.45) is 5.24. The van der Waals surface area contributed by atoms with Crippen LogP contribution in [0.3, 0.4) is 0 Å². The monoisotopic (exact) mass is 154 g/mol. The van der Waals surface area contributed by atoms with E-state index in [1.54, 1.807) is 0 Å². The van der Waals surface area contributed by atoms with Crippen molar-refractivity contribution < 1.29 is 4.79 Å². The second-order valence-electron chi connectivity index (χ2n) is 3.76. The molecule has 11 heavy (non-hydrogen) atoms. The molecule has 1 aliphatic carbocycles. The SMILES string of the molecule is CC[C@H](C)C1CCC(=O)CC1. The van der Waals surface area contributed by atoms with E-state index in [4.69, 9.17) is 0 Å². The molecule has 0 aromatic carbocycles. The molecule has 0 N–H and O–H groups in total. The molecule has 1 heteroatoms. The van der Waals surface area contributed by atoms with Crippen LogP contribution in [0.5, 0.6) is 0 Å². The third-order valence-electron chi connectivity index (χ3n) is 3.04. The molecule has 0 unspecified atom stereocenters. The lowest BCUT2D eigenvalue weighted by Gasteiger charge is -2.25. The molecule has 0 saturated heterocycles. The van der Waals surface area contributed by atoms with Gasteiger partial charge in [0.15, 0.2) is 0 Å². The Bertz CT molecular complexity index is 130. The van der Waals surface area contributed by atoms with Gasteiger partial charge in [-0.1, -0.05) is 20.3 Å². The molecule has 0 radical (unpaired) electrons. The molecule has 64 valence electrons. The Morgan fingerprint density at radius 3 is 2.45 bits per heavy atom. The standard InChI is InChI=1S/C10H18O/c1-3-8(2)9-4-6-10(11)7-5-9/h8-9H,3-7H2,1-2H3/t8-/m0/s1. The van der Waals surface area contributed by atoms with Crippen LogP contribution in [-0.2, 0) is 4.79 Å². The van der Waals surface area contributed by atoms with Crippen LogP contribution in [0.2, 0.25) is 0 Å². The predicted molar refractivity (Wildman–Crippen MR) is 46.4 cm³/mol. The molecule has 0 heterocycles. The minimum Gasteiger partial charge on any atom is -0.300 e. The summed E-state index contributed by atoms with van der Waals surface area (Å²) in [7, 11) is 0. The molecular weight excluding hydrogens is 136 g/mol. The maximum atomic E-state index is 10.9. The van der Waals surface area contributed by atoms with E-state index in [1.165, 1.54) is 6.42 Å². The average molecular weight is 154 g/mol. The van der Waals surface area contributed by atoms with Gasteiger partial charge in [0.25, 0.3) is 0 Å². The van der Waals surface area contributed by atoms with Crippen LogP contribution < -0.4 is 0 Å². The van der Waals surface area contributed by atoms with Crippen LogP contribution in [0.25, 0.3) is 0 Å². The molecule has 1 fully saturated rings. The highest BCUT2D eigenvalue weighted by Crippen LogP contribution is 2.29. The first kappa shape index (κ1) is 8.76. The minimum atomic E-state index is 0.476. The Labute approximate surface area is 69.2 Å². The lowest BCUT2D eigenvalue weighted by Crippen LogP contribution is -2.19. The van der Waals surface area contributed by atoms with E-state index in [2.05, 4.69) is 13.8 Å². The van der Waals surface area contributed by atoms with Gasteiger partial charge in [-0.25, -0.2) is 0 Å². The molecule has 1 atom stereocenters. The van der Waals surface area contributed by atoms with Crippen molar-refractivity contribution in [1.29, 1.82) is 0 Å². The number of hydrogen-bond acceptors (Lipinski definition) is 1. The van der Waals surface area contributed by atoms with Gasteiger partial charge in [-0.3, -0.25) is 4.79 Å². The van der Waals surface area contributed by atoms with Crippen molar-refractivity contribution in [3.8, 4) is 0 Å². The normalized spacial score (nSPS) is 23.6. The van der Waals surface area contributed by atoms with E-state index in [0.717, 1.165) is 37.5 Å². The van der Waals surface area contributed by atoms with Crippen molar-refractivity contribution in [3.05, 3.63) is 0 Å². The number of hydrogen-bond donors (Lipinski definition) is 0. The molecule has 1 aliphatic rings. The van der Waals surface area contributed by atoms with E-state index in [-0.39, 0.29) is 0 Å². The van der Waals surface area contributed by atoms with Gasteiger partial charge in [0.1, 0.15) is 5.78 Å². The number of carbonyl (C=O) groups excluding carboxylic acids is 1. The van der Waals surface area contributed by atoms with Crippen molar-refractivity contribution in [2.45, 2.75) is 46.0 Å². The van der Waals surface area contributed by atoms with Gasteiger partial charge in [-0.15, -0.1) is 0 Å². The Hall–Kier alpha value is -0.330. The Kier molecular flexibility index (Phi) is 3.10. The maximum Gasteiger partial charge on any atom is 0.132 e. The molecule has 0 amide bonds. The first-order valence-corrected chi connectivity index (χ1v) is 4.75. The van der Waals surface area contributed by atoms with Gasteiger partial charge in [-0.05, 0) is 24.7 Å². The van der Waals surface area contributed by atoms with Gasteiger partial charge in [-0.2, -0.15) is 0 Å². The largest absolute Gasteiger partial charge is 0.300 e. The highest BCUT2D eigenvalue weighted by molar-refractivity contribution is 5.79.